The summed E-state index contributed by atoms with van der Waals surface area (Å²) >= 11 is 0. The Morgan fingerprint density at radius 1 is 1.40 bits per heavy atom. The molecule has 0 bridgehead atoms. The molecule has 1 saturated carbocycles. The topological polar surface area (TPSA) is 26.3 Å². The molecule has 0 spiro atoms. The highest BCUT2D eigenvalue weighted by Gasteiger charge is 2.24. The molecule has 1 rings (SSSR count). The molecule has 0 heterocycles. The minimum atomic E-state index is 0.112. The third-order valence-electron chi connectivity index (χ3n) is 3.04. The third-order valence-corrected chi connectivity index (χ3v) is 3.04. The van der Waals surface area contributed by atoms with E-state index in [1.807, 2.05) is 0 Å². The summed E-state index contributed by atoms with van der Waals surface area (Å²) in [6, 6.07) is 0. The standard InChI is InChI=1S/C13H22O2/c1-9(2)12-6-5-10(3)7-13(12)15-8-11(4)14/h10,13H,5-8H2,1-4H3/t10-,13?/m1/s1. The predicted molar refractivity (Wildman–Crippen MR) is 61.8 cm³/mol. The van der Waals surface area contributed by atoms with Crippen LogP contribution in [0, 0.1) is 5.92 Å². The summed E-state index contributed by atoms with van der Waals surface area (Å²) in [5.41, 5.74) is 2.77. The molecule has 2 heteroatoms. The van der Waals surface area contributed by atoms with Crippen molar-refractivity contribution in [2.24, 2.45) is 5.92 Å². The van der Waals surface area contributed by atoms with E-state index in [1.165, 1.54) is 17.6 Å². The number of ether oxygens (including phenoxy) is 1. The smallest absolute Gasteiger partial charge is 0.155 e. The van der Waals surface area contributed by atoms with Crippen molar-refractivity contribution in [2.75, 3.05) is 6.61 Å². The van der Waals surface area contributed by atoms with Crippen LogP contribution in [-0.4, -0.2) is 18.5 Å². The fourth-order valence-electron chi connectivity index (χ4n) is 2.15. The lowest BCUT2D eigenvalue weighted by Gasteiger charge is -2.30. The lowest BCUT2D eigenvalue weighted by molar-refractivity contribution is -0.123. The molecule has 0 aromatic heterocycles. The second-order valence-corrected chi connectivity index (χ2v) is 4.91. The maximum atomic E-state index is 10.9. The normalized spacial score (nSPS) is 26.5. The van der Waals surface area contributed by atoms with Crippen LogP contribution in [0.25, 0.3) is 0 Å². The number of carbonyl (C=O) groups is 1. The van der Waals surface area contributed by atoms with E-state index in [0.29, 0.717) is 5.92 Å². The van der Waals surface area contributed by atoms with Crippen LogP contribution in [0.3, 0.4) is 0 Å². The molecule has 0 aromatic carbocycles. The number of Topliss-reactive ketones (excluding diaryl/α,β-unsaturated/α-hetero) is 1. The van der Waals surface area contributed by atoms with Crippen molar-refractivity contribution in [1.29, 1.82) is 0 Å². The van der Waals surface area contributed by atoms with E-state index in [-0.39, 0.29) is 18.5 Å². The Morgan fingerprint density at radius 2 is 2.07 bits per heavy atom. The molecular formula is C13H22O2. The van der Waals surface area contributed by atoms with Crippen molar-refractivity contribution in [1.82, 2.24) is 0 Å². The number of carbonyl (C=O) groups excluding carboxylic acids is 1. The van der Waals surface area contributed by atoms with Gasteiger partial charge in [0, 0.05) is 0 Å². The monoisotopic (exact) mass is 210 g/mol. The van der Waals surface area contributed by atoms with Crippen LogP contribution in [0.5, 0.6) is 0 Å². The Labute approximate surface area is 92.7 Å². The van der Waals surface area contributed by atoms with E-state index < -0.39 is 0 Å². The van der Waals surface area contributed by atoms with Crippen molar-refractivity contribution in [3.63, 3.8) is 0 Å². The third kappa shape index (κ3) is 3.78. The van der Waals surface area contributed by atoms with Gasteiger partial charge in [-0.15, -0.1) is 0 Å². The second-order valence-electron chi connectivity index (χ2n) is 4.91. The van der Waals surface area contributed by atoms with Crippen molar-refractivity contribution in [3.05, 3.63) is 11.1 Å². The Morgan fingerprint density at radius 3 is 2.60 bits per heavy atom. The van der Waals surface area contributed by atoms with Gasteiger partial charge in [0.2, 0.25) is 0 Å². The van der Waals surface area contributed by atoms with Crippen molar-refractivity contribution >= 4 is 5.78 Å². The van der Waals surface area contributed by atoms with Crippen LogP contribution in [0.1, 0.15) is 47.0 Å². The first kappa shape index (κ1) is 12.4. The first-order valence-corrected chi connectivity index (χ1v) is 5.78. The van der Waals surface area contributed by atoms with E-state index in [1.54, 1.807) is 6.92 Å². The van der Waals surface area contributed by atoms with Crippen molar-refractivity contribution in [2.45, 2.75) is 53.1 Å². The fourth-order valence-corrected chi connectivity index (χ4v) is 2.15. The first-order valence-electron chi connectivity index (χ1n) is 5.78. The van der Waals surface area contributed by atoms with Gasteiger partial charge in [0.05, 0.1) is 6.10 Å². The molecule has 1 unspecified atom stereocenters. The zero-order valence-electron chi connectivity index (χ0n) is 10.3. The van der Waals surface area contributed by atoms with Crippen LogP contribution >= 0.6 is 0 Å². The summed E-state index contributed by atoms with van der Waals surface area (Å²) in [7, 11) is 0. The number of hydrogen-bond acceptors (Lipinski definition) is 2. The second kappa shape index (κ2) is 5.45. The quantitative estimate of drug-likeness (QED) is 0.669. The fraction of sp³-hybridized carbons (Fsp3) is 0.769. The summed E-state index contributed by atoms with van der Waals surface area (Å²) in [6.45, 7) is 8.36. The molecule has 0 saturated heterocycles. The van der Waals surface area contributed by atoms with Gasteiger partial charge in [0.25, 0.3) is 0 Å². The summed E-state index contributed by atoms with van der Waals surface area (Å²) in [5.74, 6) is 0.825. The SMILES string of the molecule is CC(=O)COC1C[C@H](C)CCC1=C(C)C. The van der Waals surface area contributed by atoms with Crippen LogP contribution in [-0.2, 0) is 9.53 Å². The summed E-state index contributed by atoms with van der Waals surface area (Å²) in [6.07, 6.45) is 3.63. The predicted octanol–water partition coefficient (Wildman–Crippen LogP) is 3.12. The maximum Gasteiger partial charge on any atom is 0.155 e. The lowest BCUT2D eigenvalue weighted by atomic mass is 9.83. The average Bonchev–Trinajstić information content (AvgIpc) is 2.14. The van der Waals surface area contributed by atoms with Crippen LogP contribution < -0.4 is 0 Å². The largest absolute Gasteiger partial charge is 0.366 e. The Kier molecular flexibility index (Phi) is 4.52. The number of allylic oxidation sites excluding steroid dienone is 1. The van der Waals surface area contributed by atoms with E-state index in [0.717, 1.165) is 12.8 Å². The lowest BCUT2D eigenvalue weighted by Crippen LogP contribution is -2.26. The highest BCUT2D eigenvalue weighted by Crippen LogP contribution is 2.32. The Balaban J connectivity index is 2.63. The molecule has 2 nitrogen and oxygen atoms in total. The number of hydrogen-bond donors (Lipinski definition) is 0. The molecule has 1 aliphatic rings. The average molecular weight is 210 g/mol. The molecule has 0 radical (unpaired) electrons. The number of ketones is 1. The summed E-state index contributed by atoms with van der Waals surface area (Å²) in [5, 5.41) is 0. The van der Waals surface area contributed by atoms with Crippen LogP contribution in [0.15, 0.2) is 11.1 Å². The van der Waals surface area contributed by atoms with E-state index in [4.69, 9.17) is 4.74 Å². The zero-order valence-corrected chi connectivity index (χ0v) is 10.3. The highest BCUT2D eigenvalue weighted by molar-refractivity contribution is 5.76. The molecule has 0 N–H and O–H groups in total. The van der Waals surface area contributed by atoms with E-state index in [9.17, 15) is 4.79 Å². The Bertz CT molecular complexity index is 262. The van der Waals surface area contributed by atoms with Gasteiger partial charge in [-0.05, 0) is 51.5 Å². The number of rotatable bonds is 3. The van der Waals surface area contributed by atoms with E-state index >= 15 is 0 Å². The van der Waals surface area contributed by atoms with Gasteiger partial charge < -0.3 is 4.74 Å². The van der Waals surface area contributed by atoms with Gasteiger partial charge in [0.1, 0.15) is 6.61 Å². The first-order chi connectivity index (χ1) is 7.00. The van der Waals surface area contributed by atoms with Gasteiger partial charge in [-0.25, -0.2) is 0 Å². The van der Waals surface area contributed by atoms with Crippen LogP contribution in [0.2, 0.25) is 0 Å². The molecule has 1 aliphatic carbocycles. The highest BCUT2D eigenvalue weighted by atomic mass is 16.5. The van der Waals surface area contributed by atoms with Crippen LogP contribution in [0.4, 0.5) is 0 Å². The molecule has 0 aromatic rings. The molecule has 1 fully saturated rings. The maximum absolute atomic E-state index is 10.9. The van der Waals surface area contributed by atoms with Crippen molar-refractivity contribution in [3.8, 4) is 0 Å². The molecule has 86 valence electrons. The van der Waals surface area contributed by atoms with Gasteiger partial charge in [-0.3, -0.25) is 4.79 Å². The van der Waals surface area contributed by atoms with Gasteiger partial charge >= 0.3 is 0 Å². The summed E-state index contributed by atoms with van der Waals surface area (Å²) in [4.78, 5) is 10.9. The minimum Gasteiger partial charge on any atom is -0.366 e. The zero-order chi connectivity index (χ0) is 11.4. The molecule has 0 amide bonds. The molecule has 0 aliphatic heterocycles. The van der Waals surface area contributed by atoms with Gasteiger partial charge in [-0.2, -0.15) is 0 Å². The van der Waals surface area contributed by atoms with E-state index in [2.05, 4.69) is 20.8 Å². The Hall–Kier alpha value is -0.630. The molecule has 2 atom stereocenters. The van der Waals surface area contributed by atoms with Crippen molar-refractivity contribution < 1.29 is 9.53 Å². The van der Waals surface area contributed by atoms with Gasteiger partial charge in [-0.1, -0.05) is 12.5 Å². The molecular weight excluding hydrogens is 188 g/mol. The van der Waals surface area contributed by atoms with Gasteiger partial charge in [0.15, 0.2) is 5.78 Å². The minimum absolute atomic E-state index is 0.112. The summed E-state index contributed by atoms with van der Waals surface area (Å²) < 4.78 is 5.68. The molecule has 15 heavy (non-hydrogen) atoms.